The number of sulfonamides is 1. The summed E-state index contributed by atoms with van der Waals surface area (Å²) in [7, 11) is -3.77. The zero-order valence-electron chi connectivity index (χ0n) is 15.1. The van der Waals surface area contributed by atoms with E-state index in [0.29, 0.717) is 11.6 Å². The summed E-state index contributed by atoms with van der Waals surface area (Å²) in [5.41, 5.74) is 2.81. The third kappa shape index (κ3) is 5.99. The van der Waals surface area contributed by atoms with E-state index in [2.05, 4.69) is 33.9 Å². The number of halogens is 4. The van der Waals surface area contributed by atoms with Crippen LogP contribution in [0.4, 0.5) is 0 Å². The van der Waals surface area contributed by atoms with Crippen LogP contribution in [-0.2, 0) is 23.0 Å². The van der Waals surface area contributed by atoms with Crippen molar-refractivity contribution in [2.45, 2.75) is 30.7 Å². The van der Waals surface area contributed by atoms with Crippen molar-refractivity contribution in [3.8, 4) is 0 Å². The minimum atomic E-state index is -3.77. The number of fused-ring (bicyclic) bond motifs is 1. The second-order valence-corrected chi connectivity index (χ2v) is 9.55. The van der Waals surface area contributed by atoms with Crippen molar-refractivity contribution in [2.75, 3.05) is 19.6 Å². The molecule has 154 valence electrons. The first kappa shape index (κ1) is 23.7. The first-order valence-corrected chi connectivity index (χ1v) is 11.4. The molecule has 0 fully saturated rings. The smallest absolute Gasteiger partial charge is 0.243 e. The van der Waals surface area contributed by atoms with Gasteiger partial charge in [0.15, 0.2) is 0 Å². The van der Waals surface area contributed by atoms with E-state index in [9.17, 15) is 8.42 Å². The Labute approximate surface area is 187 Å². The predicted molar refractivity (Wildman–Crippen MR) is 119 cm³/mol. The zero-order chi connectivity index (χ0) is 19.4. The van der Waals surface area contributed by atoms with Gasteiger partial charge in [0.1, 0.15) is 4.90 Å². The first-order chi connectivity index (χ1) is 12.9. The van der Waals surface area contributed by atoms with Crippen LogP contribution in [0.15, 0.2) is 41.3 Å². The maximum Gasteiger partial charge on any atom is 0.243 e. The van der Waals surface area contributed by atoms with E-state index in [-0.39, 0.29) is 27.3 Å². The molecule has 28 heavy (non-hydrogen) atoms. The molecule has 1 N–H and O–H groups in total. The zero-order valence-corrected chi connectivity index (χ0v) is 19.0. The van der Waals surface area contributed by atoms with Gasteiger partial charge in [-0.15, -0.1) is 12.4 Å². The van der Waals surface area contributed by atoms with Crippen molar-refractivity contribution in [1.82, 2.24) is 9.62 Å². The van der Waals surface area contributed by atoms with Crippen molar-refractivity contribution >= 4 is 57.2 Å². The van der Waals surface area contributed by atoms with Crippen molar-refractivity contribution < 1.29 is 8.42 Å². The molecule has 0 aliphatic carbocycles. The molecular weight excluding hydrogens is 462 g/mol. The highest BCUT2D eigenvalue weighted by molar-refractivity contribution is 7.89. The fourth-order valence-corrected chi connectivity index (χ4v) is 5.88. The molecule has 2 aromatic carbocycles. The Morgan fingerprint density at radius 1 is 1.00 bits per heavy atom. The molecule has 2 aromatic rings. The average Bonchev–Trinajstić information content (AvgIpc) is 2.60. The minimum absolute atomic E-state index is 0. The van der Waals surface area contributed by atoms with Crippen molar-refractivity contribution in [3.05, 3.63) is 62.6 Å². The Kier molecular flexibility index (Phi) is 8.89. The van der Waals surface area contributed by atoms with Gasteiger partial charge in [0, 0.05) is 24.7 Å². The lowest BCUT2D eigenvalue weighted by Crippen LogP contribution is -2.32. The maximum atomic E-state index is 12.5. The number of benzene rings is 2. The van der Waals surface area contributed by atoms with Gasteiger partial charge in [-0.3, -0.25) is 4.90 Å². The number of unbranched alkanes of at least 4 members (excludes halogenated alkanes) is 1. The summed E-state index contributed by atoms with van der Waals surface area (Å²) in [4.78, 5) is 2.28. The lowest BCUT2D eigenvalue weighted by molar-refractivity contribution is 0.249. The molecule has 4 nitrogen and oxygen atoms in total. The number of nitrogens with one attached hydrogen (secondary N) is 1. The third-order valence-electron chi connectivity index (χ3n) is 4.63. The molecule has 0 saturated heterocycles. The van der Waals surface area contributed by atoms with Crippen LogP contribution in [0, 0.1) is 0 Å². The van der Waals surface area contributed by atoms with E-state index in [0.717, 1.165) is 38.9 Å². The van der Waals surface area contributed by atoms with Crippen LogP contribution < -0.4 is 4.72 Å². The summed E-state index contributed by atoms with van der Waals surface area (Å²) in [6, 6.07) is 11.3. The summed E-state index contributed by atoms with van der Waals surface area (Å²) >= 11 is 17.8. The molecule has 3 rings (SSSR count). The summed E-state index contributed by atoms with van der Waals surface area (Å²) in [5.74, 6) is 0. The highest BCUT2D eigenvalue weighted by atomic mass is 35.5. The SMILES string of the molecule is Cl.O=S(=O)(NCCCCN1CCc2ccccc2C1)c1c(Cl)cc(Cl)cc1Cl. The van der Waals surface area contributed by atoms with Crippen molar-refractivity contribution in [3.63, 3.8) is 0 Å². The molecular formula is C19H22Cl4N2O2S. The second kappa shape index (κ2) is 10.5. The van der Waals surface area contributed by atoms with Gasteiger partial charge in [-0.2, -0.15) is 0 Å². The largest absolute Gasteiger partial charge is 0.299 e. The van der Waals surface area contributed by atoms with Gasteiger partial charge < -0.3 is 0 Å². The molecule has 0 amide bonds. The fraction of sp³-hybridized carbons (Fsp3) is 0.368. The highest BCUT2D eigenvalue weighted by Crippen LogP contribution is 2.32. The van der Waals surface area contributed by atoms with E-state index >= 15 is 0 Å². The summed E-state index contributed by atoms with van der Waals surface area (Å²) in [6.45, 7) is 3.27. The normalized spacial score (nSPS) is 14.4. The van der Waals surface area contributed by atoms with Gasteiger partial charge in [0.05, 0.1) is 10.0 Å². The Hall–Kier alpha value is -0.530. The quantitative estimate of drug-likeness (QED) is 0.551. The summed E-state index contributed by atoms with van der Waals surface area (Å²) < 4.78 is 27.5. The topological polar surface area (TPSA) is 49.4 Å². The van der Waals surface area contributed by atoms with Crippen molar-refractivity contribution in [2.24, 2.45) is 0 Å². The molecule has 0 atom stereocenters. The van der Waals surface area contributed by atoms with E-state index in [4.69, 9.17) is 34.8 Å². The van der Waals surface area contributed by atoms with Crippen LogP contribution in [-0.4, -0.2) is 33.0 Å². The van der Waals surface area contributed by atoms with Gasteiger partial charge in [-0.05, 0) is 49.1 Å². The molecule has 1 aliphatic heterocycles. The van der Waals surface area contributed by atoms with Gasteiger partial charge in [0.2, 0.25) is 10.0 Å². The molecule has 9 heteroatoms. The summed E-state index contributed by atoms with van der Waals surface area (Å²) in [5, 5.41) is 0.339. The monoisotopic (exact) mass is 482 g/mol. The van der Waals surface area contributed by atoms with Crippen LogP contribution in [0.1, 0.15) is 24.0 Å². The first-order valence-electron chi connectivity index (χ1n) is 8.80. The number of nitrogens with zero attached hydrogens (tertiary/aromatic N) is 1. The Bertz CT molecular complexity index is 899. The molecule has 0 unspecified atom stereocenters. The predicted octanol–water partition coefficient (Wildman–Crippen LogP) is 5.19. The van der Waals surface area contributed by atoms with E-state index in [1.807, 2.05) is 0 Å². The van der Waals surface area contributed by atoms with Crippen molar-refractivity contribution in [1.29, 1.82) is 0 Å². The maximum absolute atomic E-state index is 12.5. The standard InChI is InChI=1S/C19H21Cl3N2O2S.ClH/c20-16-11-17(21)19(18(22)12-16)27(25,26)23-8-3-4-9-24-10-7-14-5-1-2-6-15(14)13-24;/h1-2,5-6,11-12,23H,3-4,7-10,13H2;1H. The highest BCUT2D eigenvalue weighted by Gasteiger charge is 2.22. The van der Waals surface area contributed by atoms with Gasteiger partial charge in [0.25, 0.3) is 0 Å². The number of rotatable bonds is 7. The number of hydrogen-bond acceptors (Lipinski definition) is 3. The fourth-order valence-electron chi connectivity index (χ4n) is 3.27. The van der Waals surface area contributed by atoms with Crippen LogP contribution >= 0.6 is 47.2 Å². The Morgan fingerprint density at radius 2 is 1.64 bits per heavy atom. The lowest BCUT2D eigenvalue weighted by Gasteiger charge is -2.28. The molecule has 0 aromatic heterocycles. The summed E-state index contributed by atoms with van der Waals surface area (Å²) in [6.07, 6.45) is 2.71. The molecule has 0 radical (unpaired) electrons. The van der Waals surface area contributed by atoms with Gasteiger partial charge in [-0.1, -0.05) is 59.1 Å². The van der Waals surface area contributed by atoms with Crippen LogP contribution in [0.5, 0.6) is 0 Å². The molecule has 0 bridgehead atoms. The van der Waals surface area contributed by atoms with Gasteiger partial charge >= 0.3 is 0 Å². The minimum Gasteiger partial charge on any atom is -0.299 e. The van der Waals surface area contributed by atoms with Crippen LogP contribution in [0.2, 0.25) is 15.1 Å². The van der Waals surface area contributed by atoms with E-state index in [1.165, 1.54) is 23.3 Å². The van der Waals surface area contributed by atoms with E-state index < -0.39 is 10.0 Å². The van der Waals surface area contributed by atoms with Gasteiger partial charge in [-0.25, -0.2) is 13.1 Å². The Balaban J connectivity index is 0.00000280. The molecule has 0 saturated carbocycles. The average molecular weight is 484 g/mol. The van der Waals surface area contributed by atoms with E-state index in [1.54, 1.807) is 0 Å². The second-order valence-electron chi connectivity index (χ2n) is 6.60. The Morgan fingerprint density at radius 3 is 2.32 bits per heavy atom. The molecule has 1 aliphatic rings. The number of hydrogen-bond donors (Lipinski definition) is 1. The third-order valence-corrected chi connectivity index (χ3v) is 7.23. The molecule has 1 heterocycles. The van der Waals surface area contributed by atoms with Crippen LogP contribution in [0.25, 0.3) is 0 Å². The molecule has 0 spiro atoms. The van der Waals surface area contributed by atoms with Crippen LogP contribution in [0.3, 0.4) is 0 Å². The lowest BCUT2D eigenvalue weighted by atomic mass is 10.00.